The van der Waals surface area contributed by atoms with Gasteiger partial charge in [0, 0.05) is 12.2 Å². The second-order valence-corrected chi connectivity index (χ2v) is 5.82. The summed E-state index contributed by atoms with van der Waals surface area (Å²) in [5.41, 5.74) is 2.76. The van der Waals surface area contributed by atoms with Gasteiger partial charge in [-0.2, -0.15) is 0 Å². The molecule has 0 radical (unpaired) electrons. The van der Waals surface area contributed by atoms with E-state index >= 15 is 0 Å². The van der Waals surface area contributed by atoms with Gasteiger partial charge in [-0.25, -0.2) is 0 Å². The van der Waals surface area contributed by atoms with E-state index in [0.29, 0.717) is 6.04 Å². The summed E-state index contributed by atoms with van der Waals surface area (Å²) >= 11 is 0. The fraction of sp³-hybridized carbons (Fsp3) is 0.706. The lowest BCUT2D eigenvalue weighted by Crippen LogP contribution is -2.30. The summed E-state index contributed by atoms with van der Waals surface area (Å²) in [5.74, 6) is 0.828. The monoisotopic (exact) mass is 260 g/mol. The van der Waals surface area contributed by atoms with E-state index in [1.165, 1.54) is 56.2 Å². The van der Waals surface area contributed by atoms with Gasteiger partial charge in [0.15, 0.2) is 0 Å². The molecule has 0 spiro atoms. The van der Waals surface area contributed by atoms with Crippen molar-refractivity contribution in [2.75, 3.05) is 6.54 Å². The third-order valence-electron chi connectivity index (χ3n) is 4.39. The van der Waals surface area contributed by atoms with Crippen LogP contribution in [0.3, 0.4) is 0 Å². The number of aromatic nitrogens is 1. The molecular formula is C17H28N2. The maximum absolute atomic E-state index is 4.60. The third-order valence-corrected chi connectivity index (χ3v) is 4.39. The van der Waals surface area contributed by atoms with Crippen LogP contribution in [0.25, 0.3) is 0 Å². The van der Waals surface area contributed by atoms with Gasteiger partial charge in [0.25, 0.3) is 0 Å². The molecule has 1 aromatic heterocycles. The molecule has 0 saturated carbocycles. The Kier molecular flexibility index (Phi) is 5.84. The van der Waals surface area contributed by atoms with Crippen LogP contribution in [0.1, 0.15) is 69.7 Å². The Bertz CT molecular complexity index is 375. The fourth-order valence-corrected chi connectivity index (χ4v) is 3.06. The van der Waals surface area contributed by atoms with E-state index in [-0.39, 0.29) is 0 Å². The first kappa shape index (κ1) is 14.5. The average Bonchev–Trinajstić information content (AvgIpc) is 2.47. The summed E-state index contributed by atoms with van der Waals surface area (Å²) in [7, 11) is 0. The molecule has 2 nitrogen and oxygen atoms in total. The predicted octanol–water partition coefficient (Wildman–Crippen LogP) is 4.27. The zero-order valence-electron chi connectivity index (χ0n) is 12.5. The molecule has 1 heterocycles. The second-order valence-electron chi connectivity index (χ2n) is 5.82. The van der Waals surface area contributed by atoms with Crippen molar-refractivity contribution in [3.8, 4) is 0 Å². The van der Waals surface area contributed by atoms with Crippen molar-refractivity contribution in [3.63, 3.8) is 0 Å². The van der Waals surface area contributed by atoms with Gasteiger partial charge >= 0.3 is 0 Å². The molecule has 0 saturated heterocycles. The predicted molar refractivity (Wildman–Crippen MR) is 81.2 cm³/mol. The fourth-order valence-electron chi connectivity index (χ4n) is 3.06. The van der Waals surface area contributed by atoms with Crippen molar-refractivity contribution in [1.29, 1.82) is 0 Å². The summed E-state index contributed by atoms with van der Waals surface area (Å²) in [6, 6.07) is 4.79. The van der Waals surface area contributed by atoms with E-state index in [0.717, 1.165) is 12.5 Å². The Hall–Kier alpha value is -0.890. The highest BCUT2D eigenvalue weighted by atomic mass is 14.9. The van der Waals surface area contributed by atoms with E-state index < -0.39 is 0 Å². The first-order chi connectivity index (χ1) is 9.35. The zero-order valence-corrected chi connectivity index (χ0v) is 12.5. The van der Waals surface area contributed by atoms with Gasteiger partial charge in [0.05, 0.1) is 5.69 Å². The first-order valence-electron chi connectivity index (χ1n) is 8.02. The Morgan fingerprint density at radius 3 is 3.11 bits per heavy atom. The molecule has 1 N–H and O–H groups in total. The lowest BCUT2D eigenvalue weighted by atomic mass is 9.91. The molecule has 1 aliphatic carbocycles. The quantitative estimate of drug-likeness (QED) is 0.792. The van der Waals surface area contributed by atoms with E-state index in [1.807, 2.05) is 6.20 Å². The van der Waals surface area contributed by atoms with Crippen LogP contribution < -0.4 is 5.32 Å². The second kappa shape index (κ2) is 7.64. The Morgan fingerprint density at radius 1 is 1.42 bits per heavy atom. The van der Waals surface area contributed by atoms with Gasteiger partial charge < -0.3 is 5.32 Å². The minimum Gasteiger partial charge on any atom is -0.308 e. The molecule has 2 atom stereocenters. The summed E-state index contributed by atoms with van der Waals surface area (Å²) in [6.07, 6.45) is 11.0. The number of unbranched alkanes of at least 4 members (excludes halogenated alkanes) is 1. The van der Waals surface area contributed by atoms with E-state index in [2.05, 4.69) is 36.3 Å². The topological polar surface area (TPSA) is 24.9 Å². The number of pyridine rings is 1. The number of rotatable bonds is 7. The Morgan fingerprint density at radius 2 is 2.32 bits per heavy atom. The average molecular weight is 260 g/mol. The van der Waals surface area contributed by atoms with Gasteiger partial charge in [0.1, 0.15) is 0 Å². The molecule has 0 bridgehead atoms. The minimum atomic E-state index is 0.487. The maximum atomic E-state index is 4.60. The van der Waals surface area contributed by atoms with Crippen molar-refractivity contribution < 1.29 is 0 Å². The molecule has 2 heteroatoms. The highest BCUT2D eigenvalue weighted by molar-refractivity contribution is 5.25. The summed E-state index contributed by atoms with van der Waals surface area (Å²) in [5, 5.41) is 3.78. The van der Waals surface area contributed by atoms with Gasteiger partial charge in [-0.15, -0.1) is 0 Å². The summed E-state index contributed by atoms with van der Waals surface area (Å²) in [6.45, 7) is 5.74. The zero-order chi connectivity index (χ0) is 13.5. The van der Waals surface area contributed by atoms with Crippen molar-refractivity contribution in [3.05, 3.63) is 29.6 Å². The lowest BCUT2D eigenvalue weighted by molar-refractivity contribution is 0.366. The molecular weight excluding hydrogens is 232 g/mol. The molecule has 2 rings (SSSR count). The number of hydrogen-bond donors (Lipinski definition) is 1. The number of nitrogens with zero attached hydrogens (tertiary/aromatic N) is 1. The molecule has 1 aliphatic rings. The highest BCUT2D eigenvalue weighted by Gasteiger charge is 2.21. The van der Waals surface area contributed by atoms with Crippen LogP contribution in [0.2, 0.25) is 0 Å². The van der Waals surface area contributed by atoms with Crippen LogP contribution in [-0.2, 0) is 6.42 Å². The van der Waals surface area contributed by atoms with E-state index in [9.17, 15) is 0 Å². The Balaban J connectivity index is 1.89. The van der Waals surface area contributed by atoms with Crippen molar-refractivity contribution in [1.82, 2.24) is 10.3 Å². The van der Waals surface area contributed by atoms with Crippen molar-refractivity contribution in [2.45, 2.75) is 64.8 Å². The van der Waals surface area contributed by atoms with Crippen LogP contribution in [0.15, 0.2) is 18.3 Å². The lowest BCUT2D eigenvalue weighted by Gasteiger charge is -2.27. The molecule has 0 aromatic carbocycles. The standard InChI is InChI=1S/C17H28N2/c1-3-5-8-14(4-2)13-19-16-11-6-9-15-10-7-12-18-17(15)16/h7,10,12,14,16,19H,3-6,8-9,11,13H2,1-2H3. The molecule has 19 heavy (non-hydrogen) atoms. The van der Waals surface area contributed by atoms with Crippen LogP contribution in [0, 0.1) is 5.92 Å². The highest BCUT2D eigenvalue weighted by Crippen LogP contribution is 2.28. The number of hydrogen-bond acceptors (Lipinski definition) is 2. The van der Waals surface area contributed by atoms with Crippen molar-refractivity contribution in [2.24, 2.45) is 5.92 Å². The largest absolute Gasteiger partial charge is 0.308 e. The van der Waals surface area contributed by atoms with Crippen LogP contribution in [0.5, 0.6) is 0 Å². The molecule has 1 aromatic rings. The van der Waals surface area contributed by atoms with Gasteiger partial charge in [-0.1, -0.05) is 39.2 Å². The van der Waals surface area contributed by atoms with Gasteiger partial charge in [-0.05, 0) is 49.8 Å². The number of aryl methyl sites for hydroxylation is 1. The maximum Gasteiger partial charge on any atom is 0.0605 e. The third kappa shape index (κ3) is 4.04. The summed E-state index contributed by atoms with van der Waals surface area (Å²) < 4.78 is 0. The smallest absolute Gasteiger partial charge is 0.0605 e. The van der Waals surface area contributed by atoms with Crippen molar-refractivity contribution >= 4 is 0 Å². The van der Waals surface area contributed by atoms with Crippen LogP contribution in [0.4, 0.5) is 0 Å². The normalized spacial score (nSPS) is 20.0. The molecule has 2 unspecified atom stereocenters. The molecule has 0 amide bonds. The molecule has 106 valence electrons. The number of nitrogens with one attached hydrogen (secondary N) is 1. The van der Waals surface area contributed by atoms with Crippen LogP contribution in [-0.4, -0.2) is 11.5 Å². The van der Waals surface area contributed by atoms with E-state index in [4.69, 9.17) is 0 Å². The molecule has 0 fully saturated rings. The minimum absolute atomic E-state index is 0.487. The van der Waals surface area contributed by atoms with Crippen LogP contribution >= 0.6 is 0 Å². The van der Waals surface area contributed by atoms with Gasteiger partial charge in [-0.3, -0.25) is 4.98 Å². The number of fused-ring (bicyclic) bond motifs is 1. The van der Waals surface area contributed by atoms with E-state index in [1.54, 1.807) is 0 Å². The summed E-state index contributed by atoms with van der Waals surface area (Å²) in [4.78, 5) is 4.60. The Labute approximate surface area is 118 Å². The first-order valence-corrected chi connectivity index (χ1v) is 8.02. The molecule has 0 aliphatic heterocycles. The SMILES string of the molecule is CCCCC(CC)CNC1CCCc2cccnc21. The van der Waals surface area contributed by atoms with Gasteiger partial charge in [0.2, 0.25) is 0 Å².